The van der Waals surface area contributed by atoms with E-state index in [1.807, 2.05) is 29.2 Å². The minimum absolute atomic E-state index is 0.0343. The topological polar surface area (TPSA) is 52.7 Å². The average Bonchev–Trinajstić information content (AvgIpc) is 3.06. The molecule has 0 aliphatic carbocycles. The van der Waals surface area contributed by atoms with Gasteiger partial charge in [-0.05, 0) is 61.2 Å². The first-order chi connectivity index (χ1) is 14.0. The normalized spacial score (nSPS) is 17.4. The van der Waals surface area contributed by atoms with Crippen LogP contribution in [0.4, 0.5) is 4.39 Å². The van der Waals surface area contributed by atoms with E-state index in [9.17, 15) is 14.0 Å². The Balaban J connectivity index is 1.33. The Bertz CT molecular complexity index is 905. The highest BCUT2D eigenvalue weighted by Gasteiger charge is 2.33. The van der Waals surface area contributed by atoms with Gasteiger partial charge in [-0.25, -0.2) is 4.39 Å². The lowest BCUT2D eigenvalue weighted by Gasteiger charge is -2.33. The van der Waals surface area contributed by atoms with Crippen LogP contribution in [0.25, 0.3) is 0 Å². The number of amides is 2. The van der Waals surface area contributed by atoms with Crippen molar-refractivity contribution in [2.75, 3.05) is 26.7 Å². The van der Waals surface area contributed by atoms with Crippen molar-refractivity contribution < 1.29 is 14.0 Å². The molecule has 2 aliphatic heterocycles. The quantitative estimate of drug-likeness (QED) is 0.847. The Morgan fingerprint density at radius 1 is 1.14 bits per heavy atom. The highest BCUT2D eigenvalue weighted by molar-refractivity contribution is 6.09. The SMILES string of the molecule is CNC(=O)c1cccc2c1C(=O)N(CC1CCN(Cc3ccc(F)cc3)CC1)C2. The van der Waals surface area contributed by atoms with Gasteiger partial charge in [-0.1, -0.05) is 24.3 Å². The molecule has 0 unspecified atom stereocenters. The van der Waals surface area contributed by atoms with Crippen LogP contribution in [-0.2, 0) is 13.1 Å². The summed E-state index contributed by atoms with van der Waals surface area (Å²) in [4.78, 5) is 29.3. The molecule has 4 rings (SSSR count). The number of carbonyl (C=O) groups excluding carboxylic acids is 2. The van der Waals surface area contributed by atoms with Gasteiger partial charge < -0.3 is 10.2 Å². The van der Waals surface area contributed by atoms with Crippen molar-refractivity contribution in [1.29, 1.82) is 0 Å². The van der Waals surface area contributed by atoms with Crippen LogP contribution in [0.15, 0.2) is 42.5 Å². The van der Waals surface area contributed by atoms with E-state index in [1.165, 1.54) is 12.1 Å². The molecule has 0 radical (unpaired) electrons. The number of carbonyl (C=O) groups is 2. The van der Waals surface area contributed by atoms with Crippen molar-refractivity contribution in [1.82, 2.24) is 15.1 Å². The number of rotatable bonds is 5. The van der Waals surface area contributed by atoms with Crippen LogP contribution in [0.3, 0.4) is 0 Å². The molecule has 0 atom stereocenters. The number of hydrogen-bond donors (Lipinski definition) is 1. The molecule has 152 valence electrons. The van der Waals surface area contributed by atoms with Crippen LogP contribution in [0.1, 0.15) is 44.7 Å². The fraction of sp³-hybridized carbons (Fsp3) is 0.391. The van der Waals surface area contributed by atoms with E-state index in [1.54, 1.807) is 13.1 Å². The predicted molar refractivity (Wildman–Crippen MR) is 109 cm³/mol. The van der Waals surface area contributed by atoms with Gasteiger partial charge in [0, 0.05) is 26.7 Å². The number of benzene rings is 2. The Kier molecular flexibility index (Phi) is 5.62. The summed E-state index contributed by atoms with van der Waals surface area (Å²) in [6, 6.07) is 12.2. The minimum Gasteiger partial charge on any atom is -0.355 e. The van der Waals surface area contributed by atoms with Gasteiger partial charge in [-0.2, -0.15) is 0 Å². The van der Waals surface area contributed by atoms with Crippen LogP contribution >= 0.6 is 0 Å². The second-order valence-corrected chi connectivity index (χ2v) is 7.95. The van der Waals surface area contributed by atoms with E-state index in [2.05, 4.69) is 10.2 Å². The molecule has 1 N–H and O–H groups in total. The summed E-state index contributed by atoms with van der Waals surface area (Å²) >= 11 is 0. The molecule has 0 spiro atoms. The van der Waals surface area contributed by atoms with Crippen molar-refractivity contribution in [3.8, 4) is 0 Å². The maximum atomic E-state index is 13.1. The number of nitrogens with zero attached hydrogens (tertiary/aromatic N) is 2. The molecular weight excluding hydrogens is 369 g/mol. The van der Waals surface area contributed by atoms with E-state index < -0.39 is 0 Å². The molecule has 0 saturated carbocycles. The zero-order valence-electron chi connectivity index (χ0n) is 16.7. The van der Waals surface area contributed by atoms with Gasteiger partial charge in [0.15, 0.2) is 0 Å². The third kappa shape index (κ3) is 4.17. The van der Waals surface area contributed by atoms with Gasteiger partial charge in [0.1, 0.15) is 5.82 Å². The van der Waals surface area contributed by atoms with E-state index in [0.717, 1.165) is 50.1 Å². The summed E-state index contributed by atoms with van der Waals surface area (Å²) in [5.74, 6) is 0.00332. The van der Waals surface area contributed by atoms with Gasteiger partial charge in [0.25, 0.3) is 11.8 Å². The molecule has 29 heavy (non-hydrogen) atoms. The van der Waals surface area contributed by atoms with Crippen LogP contribution in [0.5, 0.6) is 0 Å². The highest BCUT2D eigenvalue weighted by Crippen LogP contribution is 2.29. The van der Waals surface area contributed by atoms with E-state index >= 15 is 0 Å². The summed E-state index contributed by atoms with van der Waals surface area (Å²) in [6.45, 7) is 4.08. The molecular formula is C23H26FN3O2. The van der Waals surface area contributed by atoms with E-state index in [4.69, 9.17) is 0 Å². The fourth-order valence-electron chi connectivity index (χ4n) is 4.38. The van der Waals surface area contributed by atoms with Gasteiger partial charge in [0.2, 0.25) is 0 Å². The number of halogens is 1. The second kappa shape index (κ2) is 8.33. The molecule has 1 fully saturated rings. The molecule has 2 aromatic rings. The molecule has 0 aromatic heterocycles. The summed E-state index contributed by atoms with van der Waals surface area (Å²) in [6.07, 6.45) is 2.06. The summed E-state index contributed by atoms with van der Waals surface area (Å²) in [7, 11) is 1.58. The van der Waals surface area contributed by atoms with Crippen LogP contribution in [-0.4, -0.2) is 48.3 Å². The van der Waals surface area contributed by atoms with Crippen LogP contribution in [0.2, 0.25) is 0 Å². The summed E-state index contributed by atoms with van der Waals surface area (Å²) in [5, 5.41) is 2.62. The fourth-order valence-corrected chi connectivity index (χ4v) is 4.38. The first-order valence-corrected chi connectivity index (χ1v) is 10.1. The zero-order valence-corrected chi connectivity index (χ0v) is 16.7. The smallest absolute Gasteiger partial charge is 0.255 e. The number of piperidine rings is 1. The standard InChI is InChI=1S/C23H26FN3O2/c1-25-22(28)20-4-2-3-18-15-27(23(29)21(18)20)14-17-9-11-26(12-10-17)13-16-5-7-19(24)8-6-16/h2-8,17H,9-15H2,1H3,(H,25,28). The largest absolute Gasteiger partial charge is 0.355 e. The van der Waals surface area contributed by atoms with E-state index in [0.29, 0.717) is 23.6 Å². The number of fused-ring (bicyclic) bond motifs is 1. The third-order valence-corrected chi connectivity index (χ3v) is 5.99. The zero-order chi connectivity index (χ0) is 20.4. The van der Waals surface area contributed by atoms with Gasteiger partial charge in [-0.15, -0.1) is 0 Å². The monoisotopic (exact) mass is 395 g/mol. The Hall–Kier alpha value is -2.73. The number of nitrogens with one attached hydrogen (secondary N) is 1. The van der Waals surface area contributed by atoms with Crippen molar-refractivity contribution in [2.45, 2.75) is 25.9 Å². The van der Waals surface area contributed by atoms with Crippen molar-refractivity contribution in [3.63, 3.8) is 0 Å². The van der Waals surface area contributed by atoms with Crippen molar-refractivity contribution in [3.05, 3.63) is 70.5 Å². The molecule has 1 saturated heterocycles. The molecule has 5 nitrogen and oxygen atoms in total. The molecule has 2 aliphatic rings. The molecule has 2 heterocycles. The Morgan fingerprint density at radius 2 is 1.86 bits per heavy atom. The van der Waals surface area contributed by atoms with Gasteiger partial charge in [-0.3, -0.25) is 14.5 Å². The van der Waals surface area contributed by atoms with Crippen LogP contribution in [0, 0.1) is 11.7 Å². The predicted octanol–water partition coefficient (Wildman–Crippen LogP) is 3.05. The maximum absolute atomic E-state index is 13.1. The molecule has 0 bridgehead atoms. The Morgan fingerprint density at radius 3 is 2.55 bits per heavy atom. The molecule has 6 heteroatoms. The maximum Gasteiger partial charge on any atom is 0.255 e. The second-order valence-electron chi connectivity index (χ2n) is 7.95. The number of hydrogen-bond acceptors (Lipinski definition) is 3. The van der Waals surface area contributed by atoms with E-state index in [-0.39, 0.29) is 17.6 Å². The van der Waals surface area contributed by atoms with Gasteiger partial charge >= 0.3 is 0 Å². The first-order valence-electron chi connectivity index (χ1n) is 10.1. The van der Waals surface area contributed by atoms with Crippen molar-refractivity contribution >= 4 is 11.8 Å². The minimum atomic E-state index is -0.217. The average molecular weight is 395 g/mol. The summed E-state index contributed by atoms with van der Waals surface area (Å²) in [5.41, 5.74) is 3.08. The van der Waals surface area contributed by atoms with Gasteiger partial charge in [0.05, 0.1) is 11.1 Å². The highest BCUT2D eigenvalue weighted by atomic mass is 19.1. The lowest BCUT2D eigenvalue weighted by molar-refractivity contribution is 0.0707. The third-order valence-electron chi connectivity index (χ3n) is 5.99. The lowest BCUT2D eigenvalue weighted by Crippen LogP contribution is -2.38. The molecule has 2 aromatic carbocycles. The molecule has 2 amide bonds. The Labute approximate surface area is 170 Å². The van der Waals surface area contributed by atoms with Crippen LogP contribution < -0.4 is 5.32 Å². The lowest BCUT2D eigenvalue weighted by atomic mass is 9.96. The van der Waals surface area contributed by atoms with Crippen molar-refractivity contribution in [2.24, 2.45) is 5.92 Å². The number of likely N-dealkylation sites (tertiary alicyclic amines) is 1. The summed E-state index contributed by atoms with van der Waals surface area (Å²) < 4.78 is 13.1. The first kappa shape index (κ1) is 19.6.